The van der Waals surface area contributed by atoms with Gasteiger partial charge >= 0.3 is 0 Å². The number of halogens is 1. The van der Waals surface area contributed by atoms with Gasteiger partial charge in [-0.25, -0.2) is 4.39 Å². The highest BCUT2D eigenvalue weighted by Gasteiger charge is 2.08. The van der Waals surface area contributed by atoms with Crippen molar-refractivity contribution in [3.05, 3.63) is 59.6 Å². The molecule has 2 aromatic heterocycles. The third-order valence-electron chi connectivity index (χ3n) is 2.88. The average molecular weight is 313 g/mol. The van der Waals surface area contributed by atoms with E-state index in [0.29, 0.717) is 17.4 Å². The van der Waals surface area contributed by atoms with Gasteiger partial charge in [0.25, 0.3) is 5.91 Å². The molecule has 0 spiro atoms. The number of benzene rings is 1. The minimum atomic E-state index is -0.480. The summed E-state index contributed by atoms with van der Waals surface area (Å²) in [6, 6.07) is 10.3. The zero-order chi connectivity index (χ0) is 16.2. The summed E-state index contributed by atoms with van der Waals surface area (Å²) in [5, 5.41) is 17.0. The van der Waals surface area contributed by atoms with Crippen molar-refractivity contribution in [3.8, 4) is 0 Å². The molecule has 1 amide bonds. The SMILES string of the molecule is Cc1cc(Nc2ccc(NC(=O)c3cccc(F)c3)nn2)no1. The van der Waals surface area contributed by atoms with Crippen LogP contribution in [0.15, 0.2) is 47.0 Å². The molecule has 1 aromatic carbocycles. The minimum Gasteiger partial charge on any atom is -0.360 e. The number of nitrogens with one attached hydrogen (secondary N) is 2. The molecule has 0 saturated carbocycles. The zero-order valence-corrected chi connectivity index (χ0v) is 12.1. The summed E-state index contributed by atoms with van der Waals surface area (Å²) in [7, 11) is 0. The monoisotopic (exact) mass is 313 g/mol. The Morgan fingerprint density at radius 3 is 2.52 bits per heavy atom. The van der Waals surface area contributed by atoms with Gasteiger partial charge in [-0.1, -0.05) is 11.2 Å². The smallest absolute Gasteiger partial charge is 0.256 e. The van der Waals surface area contributed by atoms with Gasteiger partial charge in [-0.05, 0) is 37.3 Å². The molecule has 0 aliphatic heterocycles. The van der Waals surface area contributed by atoms with Gasteiger partial charge in [-0.3, -0.25) is 4.79 Å². The predicted octanol–water partition coefficient (Wildman–Crippen LogP) is 2.91. The molecule has 0 aliphatic rings. The molecule has 0 bridgehead atoms. The first-order valence-corrected chi connectivity index (χ1v) is 6.71. The second-order valence-electron chi connectivity index (χ2n) is 4.72. The van der Waals surface area contributed by atoms with Crippen LogP contribution in [0.2, 0.25) is 0 Å². The Kier molecular flexibility index (Phi) is 3.96. The van der Waals surface area contributed by atoms with E-state index in [2.05, 4.69) is 26.0 Å². The Balaban J connectivity index is 1.66. The lowest BCUT2D eigenvalue weighted by Crippen LogP contribution is -2.13. The van der Waals surface area contributed by atoms with Gasteiger partial charge < -0.3 is 15.2 Å². The van der Waals surface area contributed by atoms with Gasteiger partial charge in [0, 0.05) is 11.6 Å². The van der Waals surface area contributed by atoms with E-state index in [1.807, 2.05) is 0 Å². The summed E-state index contributed by atoms with van der Waals surface area (Å²) in [6.45, 7) is 1.77. The quantitative estimate of drug-likeness (QED) is 0.769. The van der Waals surface area contributed by atoms with E-state index in [1.165, 1.54) is 18.2 Å². The van der Waals surface area contributed by atoms with Gasteiger partial charge in [0.05, 0.1) is 0 Å². The van der Waals surface area contributed by atoms with Crippen LogP contribution in [0, 0.1) is 12.7 Å². The van der Waals surface area contributed by atoms with Crippen LogP contribution in [0.5, 0.6) is 0 Å². The summed E-state index contributed by atoms with van der Waals surface area (Å²) in [5.41, 5.74) is 0.201. The van der Waals surface area contributed by atoms with Crippen LogP contribution in [-0.4, -0.2) is 21.3 Å². The normalized spacial score (nSPS) is 10.3. The van der Waals surface area contributed by atoms with Crippen molar-refractivity contribution in [2.75, 3.05) is 10.6 Å². The zero-order valence-electron chi connectivity index (χ0n) is 12.1. The molecule has 0 radical (unpaired) electrons. The third-order valence-corrected chi connectivity index (χ3v) is 2.88. The maximum Gasteiger partial charge on any atom is 0.256 e. The molecular formula is C15H12FN5O2. The molecule has 0 atom stereocenters. The van der Waals surface area contributed by atoms with Crippen LogP contribution in [0.25, 0.3) is 0 Å². The molecule has 0 fully saturated rings. The Morgan fingerprint density at radius 1 is 1.09 bits per heavy atom. The Hall–Kier alpha value is -3.29. The van der Waals surface area contributed by atoms with E-state index < -0.39 is 11.7 Å². The first-order chi connectivity index (χ1) is 11.1. The van der Waals surface area contributed by atoms with Crippen molar-refractivity contribution in [2.24, 2.45) is 0 Å². The molecule has 2 heterocycles. The first-order valence-electron chi connectivity index (χ1n) is 6.71. The van der Waals surface area contributed by atoms with Crippen LogP contribution in [0.1, 0.15) is 16.1 Å². The summed E-state index contributed by atoms with van der Waals surface area (Å²) >= 11 is 0. The molecule has 116 valence electrons. The fourth-order valence-corrected chi connectivity index (χ4v) is 1.84. The van der Waals surface area contributed by atoms with Crippen molar-refractivity contribution >= 4 is 23.4 Å². The molecule has 7 nitrogen and oxygen atoms in total. The third kappa shape index (κ3) is 3.67. The fourth-order valence-electron chi connectivity index (χ4n) is 1.84. The Morgan fingerprint density at radius 2 is 1.87 bits per heavy atom. The number of hydrogen-bond acceptors (Lipinski definition) is 6. The second-order valence-corrected chi connectivity index (χ2v) is 4.72. The highest BCUT2D eigenvalue weighted by molar-refractivity contribution is 6.03. The number of carbonyl (C=O) groups excluding carboxylic acids is 1. The topological polar surface area (TPSA) is 92.9 Å². The lowest BCUT2D eigenvalue weighted by atomic mass is 10.2. The van der Waals surface area contributed by atoms with E-state index in [9.17, 15) is 9.18 Å². The summed E-state index contributed by atoms with van der Waals surface area (Å²) < 4.78 is 18.0. The number of nitrogens with zero attached hydrogens (tertiary/aromatic N) is 3. The van der Waals surface area contributed by atoms with Crippen molar-refractivity contribution in [1.29, 1.82) is 0 Å². The number of aromatic nitrogens is 3. The van der Waals surface area contributed by atoms with E-state index in [4.69, 9.17) is 4.52 Å². The van der Waals surface area contributed by atoms with Gasteiger partial charge in [0.1, 0.15) is 11.6 Å². The predicted molar refractivity (Wildman–Crippen MR) is 80.9 cm³/mol. The standard InChI is InChI=1S/C15H12FN5O2/c1-9-7-14(21-23-9)17-12-5-6-13(20-19-12)18-15(22)10-3-2-4-11(16)8-10/h2-8H,1H3,(H,17,19,21)(H,18,20,22). The molecule has 0 saturated heterocycles. The van der Waals surface area contributed by atoms with Gasteiger partial charge in [-0.2, -0.15) is 0 Å². The lowest BCUT2D eigenvalue weighted by molar-refractivity contribution is 0.102. The maximum absolute atomic E-state index is 13.1. The molecule has 0 unspecified atom stereocenters. The second kappa shape index (κ2) is 6.22. The molecular weight excluding hydrogens is 301 g/mol. The van der Waals surface area contributed by atoms with Crippen molar-refractivity contribution in [3.63, 3.8) is 0 Å². The number of amides is 1. The van der Waals surface area contributed by atoms with Gasteiger partial charge in [-0.15, -0.1) is 10.2 Å². The van der Waals surface area contributed by atoms with Crippen LogP contribution in [-0.2, 0) is 0 Å². The van der Waals surface area contributed by atoms with E-state index in [0.717, 1.165) is 6.07 Å². The number of carbonyl (C=O) groups is 1. The highest BCUT2D eigenvalue weighted by Crippen LogP contribution is 2.15. The van der Waals surface area contributed by atoms with Gasteiger partial charge in [0.15, 0.2) is 17.5 Å². The molecule has 8 heteroatoms. The number of rotatable bonds is 4. The lowest BCUT2D eigenvalue weighted by Gasteiger charge is -2.05. The van der Waals surface area contributed by atoms with Crippen LogP contribution < -0.4 is 10.6 Å². The molecule has 3 rings (SSSR count). The molecule has 0 aliphatic carbocycles. The van der Waals surface area contributed by atoms with E-state index in [-0.39, 0.29) is 11.4 Å². The first kappa shape index (κ1) is 14.6. The van der Waals surface area contributed by atoms with Crippen molar-refractivity contribution in [2.45, 2.75) is 6.92 Å². The summed E-state index contributed by atoms with van der Waals surface area (Å²) in [5.74, 6) is 0.925. The van der Waals surface area contributed by atoms with Crippen molar-refractivity contribution in [1.82, 2.24) is 15.4 Å². The minimum absolute atomic E-state index is 0.201. The van der Waals surface area contributed by atoms with Crippen molar-refractivity contribution < 1.29 is 13.7 Å². The van der Waals surface area contributed by atoms with Crippen LogP contribution >= 0.6 is 0 Å². The summed E-state index contributed by atoms with van der Waals surface area (Å²) in [4.78, 5) is 12.0. The number of aryl methyl sites for hydroxylation is 1. The Bertz CT molecular complexity index is 832. The molecule has 2 N–H and O–H groups in total. The van der Waals surface area contributed by atoms with E-state index in [1.54, 1.807) is 25.1 Å². The van der Waals surface area contributed by atoms with Gasteiger partial charge in [0.2, 0.25) is 0 Å². The largest absolute Gasteiger partial charge is 0.360 e. The average Bonchev–Trinajstić information content (AvgIpc) is 2.94. The Labute approximate surface area is 130 Å². The maximum atomic E-state index is 13.1. The highest BCUT2D eigenvalue weighted by atomic mass is 19.1. The van der Waals surface area contributed by atoms with E-state index >= 15 is 0 Å². The summed E-state index contributed by atoms with van der Waals surface area (Å²) in [6.07, 6.45) is 0. The van der Waals surface area contributed by atoms with Crippen LogP contribution in [0.4, 0.5) is 21.8 Å². The fraction of sp³-hybridized carbons (Fsp3) is 0.0667. The number of anilines is 3. The molecule has 23 heavy (non-hydrogen) atoms. The molecule has 3 aromatic rings. The number of hydrogen-bond donors (Lipinski definition) is 2. The van der Waals surface area contributed by atoms with Crippen LogP contribution in [0.3, 0.4) is 0 Å².